The molecule has 0 spiro atoms. The van der Waals surface area contributed by atoms with Crippen LogP contribution in [0, 0.1) is 0 Å². The number of thiazole rings is 1. The summed E-state index contributed by atoms with van der Waals surface area (Å²) in [5.41, 5.74) is 0. The molecular formula is C15H21N3O2S2. The monoisotopic (exact) mass is 339 g/mol. The number of anilines is 1. The summed E-state index contributed by atoms with van der Waals surface area (Å²) in [7, 11) is 0. The number of hydrogen-bond acceptors (Lipinski definition) is 7. The Labute approximate surface area is 138 Å². The fraction of sp³-hybridized carbons (Fsp3) is 0.533. The van der Waals surface area contributed by atoms with Gasteiger partial charge in [0.25, 0.3) is 0 Å². The van der Waals surface area contributed by atoms with Crippen LogP contribution in [0.5, 0.6) is 0 Å². The summed E-state index contributed by atoms with van der Waals surface area (Å²) in [5.74, 6) is 0. The largest absolute Gasteiger partial charge is 0.389 e. The van der Waals surface area contributed by atoms with E-state index in [1.165, 1.54) is 4.88 Å². The summed E-state index contributed by atoms with van der Waals surface area (Å²) >= 11 is 3.36. The average molecular weight is 339 g/mol. The molecule has 0 aromatic carbocycles. The predicted molar refractivity (Wildman–Crippen MR) is 90.7 cm³/mol. The van der Waals surface area contributed by atoms with Gasteiger partial charge in [0.1, 0.15) is 0 Å². The van der Waals surface area contributed by atoms with Gasteiger partial charge in [0.05, 0.1) is 19.3 Å². The van der Waals surface area contributed by atoms with E-state index in [2.05, 4.69) is 20.9 Å². The smallest absolute Gasteiger partial charge is 0.185 e. The molecule has 120 valence electrons. The Morgan fingerprint density at radius 2 is 2.09 bits per heavy atom. The number of nitrogens with zero attached hydrogens (tertiary/aromatic N) is 3. The standard InChI is InChI=1S/C15H21N3O2S2/c19-13(11-20-12-14-2-1-8-21-14)10-17-4-6-18(7-5-17)15-16-3-9-22-15/h1-3,8-9,13,19H,4-7,10-12H2. The third-order valence-electron chi connectivity index (χ3n) is 3.67. The van der Waals surface area contributed by atoms with Crippen LogP contribution in [0.1, 0.15) is 4.88 Å². The molecule has 0 bridgehead atoms. The van der Waals surface area contributed by atoms with Crippen molar-refractivity contribution in [2.24, 2.45) is 0 Å². The number of β-amino-alcohol motifs (C(OH)–C–C–N with tert-alkyl or cyclic N) is 1. The van der Waals surface area contributed by atoms with Crippen LogP contribution >= 0.6 is 22.7 Å². The minimum atomic E-state index is -0.425. The summed E-state index contributed by atoms with van der Waals surface area (Å²) in [6, 6.07) is 4.07. The van der Waals surface area contributed by atoms with E-state index < -0.39 is 6.10 Å². The maximum Gasteiger partial charge on any atom is 0.185 e. The van der Waals surface area contributed by atoms with E-state index in [4.69, 9.17) is 4.74 Å². The zero-order valence-electron chi connectivity index (χ0n) is 12.4. The highest BCUT2D eigenvalue weighted by atomic mass is 32.1. The van der Waals surface area contributed by atoms with Crippen molar-refractivity contribution < 1.29 is 9.84 Å². The van der Waals surface area contributed by atoms with Crippen LogP contribution in [0.15, 0.2) is 29.1 Å². The first-order valence-electron chi connectivity index (χ1n) is 7.46. The Kier molecular flexibility index (Phi) is 5.80. The number of thiophene rings is 1. The van der Waals surface area contributed by atoms with Gasteiger partial charge in [0.15, 0.2) is 5.13 Å². The Bertz CT molecular complexity index is 525. The molecule has 1 aliphatic heterocycles. The molecule has 3 rings (SSSR count). The molecule has 1 saturated heterocycles. The first kappa shape index (κ1) is 15.9. The molecule has 0 saturated carbocycles. The molecule has 1 atom stereocenters. The van der Waals surface area contributed by atoms with Crippen molar-refractivity contribution in [2.45, 2.75) is 12.7 Å². The van der Waals surface area contributed by atoms with Crippen LogP contribution in [-0.2, 0) is 11.3 Å². The quantitative estimate of drug-likeness (QED) is 0.835. The third-order valence-corrected chi connectivity index (χ3v) is 5.35. The van der Waals surface area contributed by atoms with Crippen molar-refractivity contribution in [2.75, 3.05) is 44.2 Å². The Morgan fingerprint density at radius 3 is 2.77 bits per heavy atom. The molecule has 7 heteroatoms. The lowest BCUT2D eigenvalue weighted by Crippen LogP contribution is -2.49. The molecule has 0 aliphatic carbocycles. The van der Waals surface area contributed by atoms with Crippen molar-refractivity contribution in [3.63, 3.8) is 0 Å². The van der Waals surface area contributed by atoms with Crippen LogP contribution in [-0.4, -0.2) is 60.4 Å². The highest BCUT2D eigenvalue weighted by Crippen LogP contribution is 2.19. The van der Waals surface area contributed by atoms with Gasteiger partial charge >= 0.3 is 0 Å². The second kappa shape index (κ2) is 8.03. The Balaban J connectivity index is 1.33. The van der Waals surface area contributed by atoms with Crippen molar-refractivity contribution in [3.05, 3.63) is 34.0 Å². The predicted octanol–water partition coefficient (Wildman–Crippen LogP) is 1.90. The second-order valence-corrected chi connectivity index (χ2v) is 7.26. The maximum absolute atomic E-state index is 10.1. The number of aliphatic hydroxyl groups is 1. The van der Waals surface area contributed by atoms with E-state index in [0.29, 0.717) is 19.8 Å². The minimum Gasteiger partial charge on any atom is -0.389 e. The lowest BCUT2D eigenvalue weighted by atomic mass is 10.3. The van der Waals surface area contributed by atoms with Crippen LogP contribution in [0.3, 0.4) is 0 Å². The number of piperazine rings is 1. The van der Waals surface area contributed by atoms with Crippen LogP contribution in [0.2, 0.25) is 0 Å². The zero-order chi connectivity index (χ0) is 15.2. The Morgan fingerprint density at radius 1 is 1.23 bits per heavy atom. The van der Waals surface area contributed by atoms with Gasteiger partial charge in [-0.1, -0.05) is 6.07 Å². The van der Waals surface area contributed by atoms with Gasteiger partial charge in [-0.2, -0.15) is 0 Å². The zero-order valence-corrected chi connectivity index (χ0v) is 14.1. The molecule has 0 radical (unpaired) electrons. The van der Waals surface area contributed by atoms with Crippen molar-refractivity contribution in [1.82, 2.24) is 9.88 Å². The molecule has 1 N–H and O–H groups in total. The van der Waals surface area contributed by atoms with Crippen molar-refractivity contribution in [1.29, 1.82) is 0 Å². The summed E-state index contributed by atoms with van der Waals surface area (Å²) < 4.78 is 5.58. The van der Waals surface area contributed by atoms with E-state index in [9.17, 15) is 5.11 Å². The highest BCUT2D eigenvalue weighted by Gasteiger charge is 2.20. The summed E-state index contributed by atoms with van der Waals surface area (Å²) in [4.78, 5) is 10.1. The summed E-state index contributed by atoms with van der Waals surface area (Å²) in [5, 5.41) is 15.2. The fourth-order valence-corrected chi connectivity index (χ4v) is 3.87. The van der Waals surface area contributed by atoms with Crippen LogP contribution < -0.4 is 4.90 Å². The Hall–Kier alpha value is -0.990. The lowest BCUT2D eigenvalue weighted by molar-refractivity contribution is 0.00991. The molecule has 1 aliphatic rings. The van der Waals surface area contributed by atoms with Crippen molar-refractivity contribution >= 4 is 27.8 Å². The molecule has 22 heavy (non-hydrogen) atoms. The van der Waals surface area contributed by atoms with Gasteiger partial charge in [-0.15, -0.1) is 22.7 Å². The average Bonchev–Trinajstić information content (AvgIpc) is 3.21. The molecule has 1 fully saturated rings. The summed E-state index contributed by atoms with van der Waals surface area (Å²) in [6.45, 7) is 5.52. The van der Waals surface area contributed by atoms with Gasteiger partial charge < -0.3 is 14.7 Å². The topological polar surface area (TPSA) is 48.8 Å². The van der Waals surface area contributed by atoms with E-state index in [-0.39, 0.29) is 0 Å². The lowest BCUT2D eigenvalue weighted by Gasteiger charge is -2.35. The highest BCUT2D eigenvalue weighted by molar-refractivity contribution is 7.13. The molecule has 0 amide bonds. The molecule has 2 aromatic rings. The molecular weight excluding hydrogens is 318 g/mol. The first-order valence-corrected chi connectivity index (χ1v) is 9.22. The number of aromatic nitrogens is 1. The summed E-state index contributed by atoms with van der Waals surface area (Å²) in [6.07, 6.45) is 1.42. The van der Waals surface area contributed by atoms with Gasteiger partial charge in [-0.05, 0) is 11.4 Å². The van der Waals surface area contributed by atoms with E-state index in [0.717, 1.165) is 31.3 Å². The molecule has 1 unspecified atom stereocenters. The number of ether oxygens (including phenoxy) is 1. The van der Waals surface area contributed by atoms with E-state index >= 15 is 0 Å². The van der Waals surface area contributed by atoms with Gasteiger partial charge in [-0.3, -0.25) is 4.90 Å². The fourth-order valence-electron chi connectivity index (χ4n) is 2.53. The van der Waals surface area contributed by atoms with Gasteiger partial charge in [0.2, 0.25) is 0 Å². The number of hydrogen-bond donors (Lipinski definition) is 1. The van der Waals surface area contributed by atoms with E-state index in [1.54, 1.807) is 22.7 Å². The van der Waals surface area contributed by atoms with Gasteiger partial charge in [-0.25, -0.2) is 4.98 Å². The van der Waals surface area contributed by atoms with Crippen LogP contribution in [0.25, 0.3) is 0 Å². The van der Waals surface area contributed by atoms with E-state index in [1.807, 2.05) is 23.0 Å². The first-order chi connectivity index (χ1) is 10.8. The molecule has 3 heterocycles. The molecule has 5 nitrogen and oxygen atoms in total. The van der Waals surface area contributed by atoms with Crippen LogP contribution in [0.4, 0.5) is 5.13 Å². The minimum absolute atomic E-state index is 0.393. The molecule has 2 aromatic heterocycles. The normalized spacial score (nSPS) is 17.8. The third kappa shape index (κ3) is 4.50. The number of aliphatic hydroxyl groups excluding tert-OH is 1. The van der Waals surface area contributed by atoms with Gasteiger partial charge in [0, 0.05) is 49.2 Å². The SMILES string of the molecule is OC(COCc1cccs1)CN1CCN(c2nccs2)CC1. The maximum atomic E-state index is 10.1. The van der Waals surface area contributed by atoms with Crippen molar-refractivity contribution in [3.8, 4) is 0 Å². The second-order valence-electron chi connectivity index (χ2n) is 5.35. The number of rotatable bonds is 7.